The summed E-state index contributed by atoms with van der Waals surface area (Å²) < 4.78 is 5.47. The summed E-state index contributed by atoms with van der Waals surface area (Å²) in [5.74, 6) is -0.663. The van der Waals surface area contributed by atoms with Gasteiger partial charge in [-0.25, -0.2) is 4.79 Å². The number of nitrogens with two attached hydrogens (primary N) is 1. The van der Waals surface area contributed by atoms with Crippen LogP contribution in [0.15, 0.2) is 33.5 Å². The summed E-state index contributed by atoms with van der Waals surface area (Å²) in [4.78, 5) is 40.9. The van der Waals surface area contributed by atoms with Crippen LogP contribution in [0.25, 0.3) is 11.0 Å². The van der Waals surface area contributed by atoms with Crippen LogP contribution in [-0.2, 0) is 12.8 Å². The van der Waals surface area contributed by atoms with Crippen molar-refractivity contribution in [3.8, 4) is 0 Å². The fraction of sp³-hybridized carbons (Fsp3) is 0.375. The van der Waals surface area contributed by atoms with E-state index >= 15 is 0 Å². The third-order valence-corrected chi connectivity index (χ3v) is 7.25. The Labute approximate surface area is 190 Å². The van der Waals surface area contributed by atoms with Gasteiger partial charge in [0.15, 0.2) is 0 Å². The average molecular weight is 454 g/mol. The third kappa shape index (κ3) is 4.02. The van der Waals surface area contributed by atoms with Crippen LogP contribution < -0.4 is 21.6 Å². The Hall–Kier alpha value is -3.13. The smallest absolute Gasteiger partial charge is 0.349 e. The first-order valence-corrected chi connectivity index (χ1v) is 11.7. The number of hydrogen-bond donors (Lipinski definition) is 2. The number of thiophene rings is 1. The molecular formula is C24H27N3O4S. The molecule has 8 heteroatoms. The zero-order valence-corrected chi connectivity index (χ0v) is 19.3. The van der Waals surface area contributed by atoms with Crippen molar-refractivity contribution in [2.45, 2.75) is 40.0 Å². The van der Waals surface area contributed by atoms with E-state index in [9.17, 15) is 14.4 Å². The van der Waals surface area contributed by atoms with Crippen LogP contribution in [0, 0.1) is 5.92 Å². The highest BCUT2D eigenvalue weighted by Gasteiger charge is 2.28. The van der Waals surface area contributed by atoms with Crippen molar-refractivity contribution in [2.24, 2.45) is 11.7 Å². The molecule has 32 heavy (non-hydrogen) atoms. The highest BCUT2D eigenvalue weighted by molar-refractivity contribution is 7.17. The molecular weight excluding hydrogens is 426 g/mol. The molecule has 4 rings (SSSR count). The van der Waals surface area contributed by atoms with Gasteiger partial charge in [-0.2, -0.15) is 0 Å². The number of amides is 2. The molecule has 1 unspecified atom stereocenters. The maximum atomic E-state index is 13.0. The number of hydrogen-bond acceptors (Lipinski definition) is 6. The highest BCUT2D eigenvalue weighted by atomic mass is 32.1. The number of nitrogens with one attached hydrogen (secondary N) is 1. The number of fused-ring (bicyclic) bond motifs is 2. The molecule has 0 spiro atoms. The molecule has 1 atom stereocenters. The third-order valence-electron chi connectivity index (χ3n) is 6.08. The molecule has 1 aliphatic rings. The summed E-state index contributed by atoms with van der Waals surface area (Å²) in [7, 11) is 0. The minimum absolute atomic E-state index is 0.108. The minimum Gasteiger partial charge on any atom is -0.422 e. The van der Waals surface area contributed by atoms with E-state index in [2.05, 4.69) is 31.0 Å². The molecule has 2 amide bonds. The van der Waals surface area contributed by atoms with E-state index in [-0.39, 0.29) is 5.56 Å². The summed E-state index contributed by atoms with van der Waals surface area (Å²) in [5.41, 5.74) is 7.46. The molecule has 1 aromatic carbocycles. The zero-order chi connectivity index (χ0) is 23.0. The number of anilines is 2. The van der Waals surface area contributed by atoms with Gasteiger partial charge in [0, 0.05) is 35.1 Å². The summed E-state index contributed by atoms with van der Waals surface area (Å²) in [6.45, 7) is 7.94. The first kappa shape index (κ1) is 22.1. The van der Waals surface area contributed by atoms with E-state index in [0.29, 0.717) is 27.5 Å². The van der Waals surface area contributed by atoms with Gasteiger partial charge in [0.25, 0.3) is 11.8 Å². The van der Waals surface area contributed by atoms with Gasteiger partial charge < -0.3 is 20.4 Å². The summed E-state index contributed by atoms with van der Waals surface area (Å²) in [6.07, 6.45) is 2.58. The van der Waals surface area contributed by atoms with Crippen LogP contribution in [0.4, 0.5) is 10.7 Å². The van der Waals surface area contributed by atoms with Gasteiger partial charge in [0.05, 0.1) is 5.56 Å². The second-order valence-corrected chi connectivity index (χ2v) is 9.32. The van der Waals surface area contributed by atoms with Gasteiger partial charge in [-0.3, -0.25) is 9.59 Å². The lowest BCUT2D eigenvalue weighted by atomic mass is 9.88. The molecule has 0 aliphatic heterocycles. The van der Waals surface area contributed by atoms with E-state index in [1.54, 1.807) is 0 Å². The van der Waals surface area contributed by atoms with Gasteiger partial charge in [-0.1, -0.05) is 6.92 Å². The predicted octanol–water partition coefficient (Wildman–Crippen LogP) is 4.18. The van der Waals surface area contributed by atoms with Crippen molar-refractivity contribution in [2.75, 3.05) is 23.3 Å². The standard InChI is InChI=1S/C24H27N3O4S/c1-4-27(5-2)15-8-7-14-11-17(24(30)31-18(14)12-15)22(29)26-23-20(21(25)28)16-9-6-13(3)10-19(16)32-23/h7-8,11-13H,4-6,9-10H2,1-3H3,(H2,25,28)(H,26,29). The molecule has 168 valence electrons. The Morgan fingerprint density at radius 2 is 2.00 bits per heavy atom. The first-order chi connectivity index (χ1) is 15.3. The van der Waals surface area contributed by atoms with E-state index < -0.39 is 17.4 Å². The molecule has 7 nitrogen and oxygen atoms in total. The SMILES string of the molecule is CCN(CC)c1ccc2cc(C(=O)Nc3sc4c(c3C(N)=O)CCC(C)C4)c(=O)oc2c1. The predicted molar refractivity (Wildman–Crippen MR) is 128 cm³/mol. The minimum atomic E-state index is -0.720. The van der Waals surface area contributed by atoms with Gasteiger partial charge in [-0.15, -0.1) is 11.3 Å². The van der Waals surface area contributed by atoms with Crippen molar-refractivity contribution in [3.63, 3.8) is 0 Å². The van der Waals surface area contributed by atoms with Crippen molar-refractivity contribution in [3.05, 3.63) is 56.3 Å². The average Bonchev–Trinajstić information content (AvgIpc) is 3.10. The van der Waals surface area contributed by atoms with Crippen LogP contribution >= 0.6 is 11.3 Å². The van der Waals surface area contributed by atoms with Gasteiger partial charge in [-0.05, 0) is 62.8 Å². The van der Waals surface area contributed by atoms with Gasteiger partial charge in [0.2, 0.25) is 0 Å². The normalized spacial score (nSPS) is 15.4. The van der Waals surface area contributed by atoms with E-state index in [4.69, 9.17) is 10.2 Å². The maximum absolute atomic E-state index is 13.0. The molecule has 0 radical (unpaired) electrons. The fourth-order valence-corrected chi connectivity index (χ4v) is 5.72. The Morgan fingerprint density at radius 3 is 2.69 bits per heavy atom. The molecule has 2 aromatic heterocycles. The molecule has 1 aliphatic carbocycles. The topological polar surface area (TPSA) is 106 Å². The summed E-state index contributed by atoms with van der Waals surface area (Å²) in [5, 5.41) is 3.80. The van der Waals surface area contributed by atoms with Gasteiger partial charge in [0.1, 0.15) is 16.1 Å². The van der Waals surface area contributed by atoms with Crippen molar-refractivity contribution in [1.82, 2.24) is 0 Å². The van der Waals surface area contributed by atoms with E-state index in [0.717, 1.165) is 48.5 Å². The number of nitrogens with zero attached hydrogens (tertiary/aromatic N) is 1. The largest absolute Gasteiger partial charge is 0.422 e. The molecule has 0 saturated carbocycles. The second-order valence-electron chi connectivity index (χ2n) is 8.22. The Kier molecular flexibility index (Phi) is 6.06. The quantitative estimate of drug-likeness (QED) is 0.545. The van der Waals surface area contributed by atoms with Crippen LogP contribution in [0.5, 0.6) is 0 Å². The highest BCUT2D eigenvalue weighted by Crippen LogP contribution is 2.39. The Balaban J connectivity index is 1.67. The van der Waals surface area contributed by atoms with Crippen molar-refractivity contribution >= 4 is 44.8 Å². The molecule has 3 aromatic rings. The lowest BCUT2D eigenvalue weighted by molar-refractivity contribution is 0.1000. The van der Waals surface area contributed by atoms with Crippen LogP contribution in [0.2, 0.25) is 0 Å². The molecule has 2 heterocycles. The first-order valence-electron chi connectivity index (χ1n) is 10.9. The lowest BCUT2D eigenvalue weighted by Crippen LogP contribution is -2.23. The van der Waals surface area contributed by atoms with Gasteiger partial charge >= 0.3 is 5.63 Å². The fourth-order valence-electron chi connectivity index (χ4n) is 4.31. The zero-order valence-electron chi connectivity index (χ0n) is 18.5. The molecule has 0 fully saturated rings. The van der Waals surface area contributed by atoms with Crippen LogP contribution in [-0.4, -0.2) is 24.9 Å². The monoisotopic (exact) mass is 453 g/mol. The number of primary amides is 1. The van der Waals surface area contributed by atoms with Crippen molar-refractivity contribution < 1.29 is 14.0 Å². The number of carbonyl (C=O) groups is 2. The number of rotatable bonds is 6. The number of carbonyl (C=O) groups excluding carboxylic acids is 2. The second kappa shape index (κ2) is 8.78. The van der Waals surface area contributed by atoms with Crippen LogP contribution in [0.1, 0.15) is 58.3 Å². The van der Waals surface area contributed by atoms with E-state index in [1.165, 1.54) is 17.4 Å². The Morgan fingerprint density at radius 1 is 1.25 bits per heavy atom. The maximum Gasteiger partial charge on any atom is 0.349 e. The van der Waals surface area contributed by atoms with E-state index in [1.807, 2.05) is 18.2 Å². The molecule has 3 N–H and O–H groups in total. The van der Waals surface area contributed by atoms with Crippen LogP contribution in [0.3, 0.4) is 0 Å². The van der Waals surface area contributed by atoms with Crippen molar-refractivity contribution in [1.29, 1.82) is 0 Å². The molecule has 0 saturated heterocycles. The summed E-state index contributed by atoms with van der Waals surface area (Å²) in [6, 6.07) is 7.12. The number of benzene rings is 1. The Bertz CT molecular complexity index is 1260. The molecule has 0 bridgehead atoms. The lowest BCUT2D eigenvalue weighted by Gasteiger charge is -2.21. The summed E-state index contributed by atoms with van der Waals surface area (Å²) >= 11 is 1.37.